The van der Waals surface area contributed by atoms with E-state index in [9.17, 15) is 9.59 Å². The molecule has 0 aromatic carbocycles. The first-order valence-corrected chi connectivity index (χ1v) is 5.01. The molecule has 0 amide bonds. The topological polar surface area (TPSA) is 82.1 Å². The summed E-state index contributed by atoms with van der Waals surface area (Å²) in [6.45, 7) is 0.913. The highest BCUT2D eigenvalue weighted by Gasteiger charge is 2.43. The number of aliphatic carboxylic acids is 1. The highest BCUT2D eigenvalue weighted by Crippen LogP contribution is 2.28. The number of rotatable bonds is 3. The van der Waals surface area contributed by atoms with E-state index >= 15 is 0 Å². The fourth-order valence-electron chi connectivity index (χ4n) is 1.86. The van der Waals surface area contributed by atoms with Crippen LogP contribution in [0, 0.1) is 0 Å². The van der Waals surface area contributed by atoms with E-state index in [-0.39, 0.29) is 12.2 Å². The Bertz CT molecular complexity index is 323. The van der Waals surface area contributed by atoms with Crippen molar-refractivity contribution in [3.05, 3.63) is 12.2 Å². The van der Waals surface area contributed by atoms with Crippen molar-refractivity contribution in [2.45, 2.75) is 24.7 Å². The standard InChI is InChI=1S/C10H12O6/c11-8(12)1-2-9(13)16-7-5-15-6-3-4-14-10(6)7/h1-2,6-7,10H,3-5H2,(H,11,12)/b2-1+/t6-,7+,10+/m1/s1. The average Bonchev–Trinajstić information content (AvgIpc) is 2.80. The number of esters is 1. The molecule has 2 saturated heterocycles. The predicted octanol–water partition coefficient (Wildman–Crippen LogP) is -0.273. The summed E-state index contributed by atoms with van der Waals surface area (Å²) in [6, 6.07) is 0. The lowest BCUT2D eigenvalue weighted by Crippen LogP contribution is -2.31. The lowest BCUT2D eigenvalue weighted by Gasteiger charge is -2.15. The molecule has 0 aromatic rings. The van der Waals surface area contributed by atoms with E-state index in [1.54, 1.807) is 0 Å². The average molecular weight is 228 g/mol. The zero-order valence-electron chi connectivity index (χ0n) is 8.50. The van der Waals surface area contributed by atoms with Crippen LogP contribution in [0.4, 0.5) is 0 Å². The third-order valence-electron chi connectivity index (χ3n) is 2.55. The largest absolute Gasteiger partial charge is 0.478 e. The lowest BCUT2D eigenvalue weighted by atomic mass is 10.1. The number of hydrogen-bond acceptors (Lipinski definition) is 5. The Hall–Kier alpha value is -1.40. The number of hydrogen-bond donors (Lipinski definition) is 1. The minimum absolute atomic E-state index is 0.00116. The van der Waals surface area contributed by atoms with Crippen LogP contribution in [-0.4, -0.2) is 48.6 Å². The monoisotopic (exact) mass is 228 g/mol. The van der Waals surface area contributed by atoms with E-state index in [1.807, 2.05) is 0 Å². The maximum absolute atomic E-state index is 11.2. The van der Waals surface area contributed by atoms with Gasteiger partial charge in [0.2, 0.25) is 0 Å². The van der Waals surface area contributed by atoms with Gasteiger partial charge >= 0.3 is 11.9 Å². The predicted molar refractivity (Wildman–Crippen MR) is 50.8 cm³/mol. The molecule has 2 aliphatic heterocycles. The quantitative estimate of drug-likeness (QED) is 0.528. The third-order valence-corrected chi connectivity index (χ3v) is 2.55. The van der Waals surface area contributed by atoms with Crippen molar-refractivity contribution in [3.8, 4) is 0 Å². The molecule has 6 heteroatoms. The molecule has 0 radical (unpaired) electrons. The summed E-state index contributed by atoms with van der Waals surface area (Å²) >= 11 is 0. The Kier molecular flexibility index (Phi) is 3.21. The molecule has 0 bridgehead atoms. The SMILES string of the molecule is O=C(O)/C=C/C(=O)O[C@H]1CO[C@@H]2CCO[C@H]12. The molecule has 6 nitrogen and oxygen atoms in total. The molecule has 1 N–H and O–H groups in total. The molecule has 2 heterocycles. The van der Waals surface area contributed by atoms with Gasteiger partial charge in [-0.3, -0.25) is 0 Å². The highest BCUT2D eigenvalue weighted by molar-refractivity contribution is 5.90. The van der Waals surface area contributed by atoms with Gasteiger partial charge in [-0.15, -0.1) is 0 Å². The minimum atomic E-state index is -1.19. The minimum Gasteiger partial charge on any atom is -0.478 e. The van der Waals surface area contributed by atoms with Gasteiger partial charge in [-0.05, 0) is 6.42 Å². The van der Waals surface area contributed by atoms with Crippen LogP contribution in [0.25, 0.3) is 0 Å². The van der Waals surface area contributed by atoms with Gasteiger partial charge in [0.25, 0.3) is 0 Å². The Labute approximate surface area is 91.8 Å². The van der Waals surface area contributed by atoms with E-state index in [4.69, 9.17) is 19.3 Å². The molecule has 0 aromatic heterocycles. The van der Waals surface area contributed by atoms with Gasteiger partial charge < -0.3 is 19.3 Å². The van der Waals surface area contributed by atoms with E-state index < -0.39 is 18.0 Å². The summed E-state index contributed by atoms with van der Waals surface area (Å²) in [5.41, 5.74) is 0. The molecule has 0 saturated carbocycles. The molecular weight excluding hydrogens is 216 g/mol. The van der Waals surface area contributed by atoms with Gasteiger partial charge in [0.1, 0.15) is 6.10 Å². The third kappa shape index (κ3) is 2.40. The zero-order chi connectivity index (χ0) is 11.5. The van der Waals surface area contributed by atoms with E-state index in [0.29, 0.717) is 13.2 Å². The van der Waals surface area contributed by atoms with Crippen LogP contribution >= 0.6 is 0 Å². The number of ether oxygens (including phenoxy) is 3. The first-order chi connectivity index (χ1) is 7.66. The molecule has 0 aliphatic carbocycles. The van der Waals surface area contributed by atoms with Gasteiger partial charge in [-0.25, -0.2) is 9.59 Å². The molecule has 0 spiro atoms. The van der Waals surface area contributed by atoms with Crippen LogP contribution in [0.15, 0.2) is 12.2 Å². The number of carbonyl (C=O) groups excluding carboxylic acids is 1. The maximum atomic E-state index is 11.2. The molecule has 2 aliphatic rings. The van der Waals surface area contributed by atoms with Crippen LogP contribution in [0.2, 0.25) is 0 Å². The second-order valence-corrected chi connectivity index (χ2v) is 3.64. The summed E-state index contributed by atoms with van der Waals surface area (Å²) in [5.74, 6) is -1.87. The van der Waals surface area contributed by atoms with Gasteiger partial charge in [0.15, 0.2) is 6.10 Å². The second kappa shape index (κ2) is 4.63. The number of carbonyl (C=O) groups is 2. The Morgan fingerprint density at radius 1 is 1.31 bits per heavy atom. The van der Waals surface area contributed by atoms with Crippen LogP contribution < -0.4 is 0 Å². The number of carboxylic acid groups (broad SMARTS) is 1. The van der Waals surface area contributed by atoms with Crippen molar-refractivity contribution in [1.29, 1.82) is 0 Å². The summed E-state index contributed by atoms with van der Waals surface area (Å²) in [6.07, 6.45) is 1.79. The fraction of sp³-hybridized carbons (Fsp3) is 0.600. The molecular formula is C10H12O6. The van der Waals surface area contributed by atoms with Crippen molar-refractivity contribution in [3.63, 3.8) is 0 Å². The van der Waals surface area contributed by atoms with Crippen LogP contribution in [0.3, 0.4) is 0 Å². The second-order valence-electron chi connectivity index (χ2n) is 3.64. The van der Waals surface area contributed by atoms with E-state index in [2.05, 4.69) is 0 Å². The molecule has 0 unspecified atom stereocenters. The summed E-state index contributed by atoms with van der Waals surface area (Å²) in [7, 11) is 0. The number of carboxylic acids is 1. The molecule has 88 valence electrons. The van der Waals surface area contributed by atoms with Crippen LogP contribution in [0.5, 0.6) is 0 Å². The first kappa shape index (κ1) is 11.1. The van der Waals surface area contributed by atoms with E-state index in [1.165, 1.54) is 0 Å². The summed E-state index contributed by atoms with van der Waals surface area (Å²) < 4.78 is 15.8. The van der Waals surface area contributed by atoms with Crippen molar-refractivity contribution in [1.82, 2.24) is 0 Å². The van der Waals surface area contributed by atoms with Gasteiger partial charge in [0, 0.05) is 18.8 Å². The van der Waals surface area contributed by atoms with Gasteiger partial charge in [-0.2, -0.15) is 0 Å². The normalized spacial score (nSPS) is 32.9. The van der Waals surface area contributed by atoms with Crippen molar-refractivity contribution in [2.24, 2.45) is 0 Å². The van der Waals surface area contributed by atoms with Gasteiger partial charge in [0.05, 0.1) is 12.7 Å². The van der Waals surface area contributed by atoms with Crippen molar-refractivity contribution >= 4 is 11.9 Å². The summed E-state index contributed by atoms with van der Waals surface area (Å²) in [5, 5.41) is 8.33. The smallest absolute Gasteiger partial charge is 0.331 e. The fourth-order valence-corrected chi connectivity index (χ4v) is 1.86. The Morgan fingerprint density at radius 2 is 2.12 bits per heavy atom. The Morgan fingerprint density at radius 3 is 2.88 bits per heavy atom. The molecule has 3 atom stereocenters. The number of fused-ring (bicyclic) bond motifs is 1. The van der Waals surface area contributed by atoms with Crippen molar-refractivity contribution < 1.29 is 28.9 Å². The molecule has 16 heavy (non-hydrogen) atoms. The van der Waals surface area contributed by atoms with E-state index in [0.717, 1.165) is 18.6 Å². The molecule has 2 fully saturated rings. The zero-order valence-corrected chi connectivity index (χ0v) is 8.50. The Balaban J connectivity index is 1.85. The van der Waals surface area contributed by atoms with Crippen LogP contribution in [0.1, 0.15) is 6.42 Å². The lowest BCUT2D eigenvalue weighted by molar-refractivity contribution is -0.148. The maximum Gasteiger partial charge on any atom is 0.331 e. The van der Waals surface area contributed by atoms with Gasteiger partial charge in [-0.1, -0.05) is 0 Å². The summed E-state index contributed by atoms with van der Waals surface area (Å²) in [4.78, 5) is 21.4. The van der Waals surface area contributed by atoms with Crippen molar-refractivity contribution in [2.75, 3.05) is 13.2 Å². The highest BCUT2D eigenvalue weighted by atomic mass is 16.6. The molecule has 2 rings (SSSR count). The van der Waals surface area contributed by atoms with Crippen LogP contribution in [-0.2, 0) is 23.8 Å². The first-order valence-electron chi connectivity index (χ1n) is 5.01.